The number of esters is 1. The molecule has 0 saturated carbocycles. The second-order valence-electron chi connectivity index (χ2n) is 19.3. The van der Waals surface area contributed by atoms with Crippen LogP contribution in [-0.4, -0.2) is 47.4 Å². The van der Waals surface area contributed by atoms with Crippen molar-refractivity contribution in [1.82, 2.24) is 5.32 Å². The van der Waals surface area contributed by atoms with E-state index in [0.717, 1.165) is 64.2 Å². The van der Waals surface area contributed by atoms with Gasteiger partial charge in [0, 0.05) is 12.8 Å². The van der Waals surface area contributed by atoms with Crippen LogP contribution < -0.4 is 5.32 Å². The van der Waals surface area contributed by atoms with Gasteiger partial charge in [-0.25, -0.2) is 0 Å². The van der Waals surface area contributed by atoms with Crippen LogP contribution in [0, 0.1) is 0 Å². The number of hydrogen-bond acceptors (Lipinski definition) is 5. The molecule has 1 amide bonds. The van der Waals surface area contributed by atoms with E-state index in [-0.39, 0.29) is 18.5 Å². The molecule has 0 rings (SSSR count). The molecule has 0 aliphatic heterocycles. The lowest BCUT2D eigenvalue weighted by Gasteiger charge is -2.20. The molecule has 0 saturated heterocycles. The van der Waals surface area contributed by atoms with Crippen molar-refractivity contribution in [2.75, 3.05) is 13.2 Å². The Bertz CT molecular complexity index is 1040. The van der Waals surface area contributed by atoms with E-state index in [0.29, 0.717) is 19.4 Å². The molecule has 0 aromatic carbocycles. The largest absolute Gasteiger partial charge is 0.466 e. The van der Waals surface area contributed by atoms with Gasteiger partial charge < -0.3 is 20.3 Å². The molecule has 0 bridgehead atoms. The molecule has 6 nitrogen and oxygen atoms in total. The van der Waals surface area contributed by atoms with E-state index < -0.39 is 12.1 Å². The Balaban J connectivity index is 3.50. The Morgan fingerprint density at radius 2 is 0.781 bits per heavy atom. The number of carbonyl (C=O) groups is 2. The van der Waals surface area contributed by atoms with Gasteiger partial charge in [-0.2, -0.15) is 0 Å². The molecule has 2 atom stereocenters. The van der Waals surface area contributed by atoms with Crippen molar-refractivity contribution < 1.29 is 24.5 Å². The Morgan fingerprint density at radius 1 is 0.438 bits per heavy atom. The first-order valence-electron chi connectivity index (χ1n) is 28.3. The zero-order valence-corrected chi connectivity index (χ0v) is 42.8. The van der Waals surface area contributed by atoms with E-state index in [2.05, 4.69) is 43.5 Å². The van der Waals surface area contributed by atoms with Gasteiger partial charge in [-0.05, 0) is 64.2 Å². The van der Waals surface area contributed by atoms with Gasteiger partial charge >= 0.3 is 5.97 Å². The summed E-state index contributed by atoms with van der Waals surface area (Å²) < 4.78 is 5.46. The summed E-state index contributed by atoms with van der Waals surface area (Å²) in [5.41, 5.74) is 0. The summed E-state index contributed by atoms with van der Waals surface area (Å²) in [6.07, 6.45) is 65.8. The molecule has 376 valence electrons. The minimum atomic E-state index is -0.854. The first kappa shape index (κ1) is 62.1. The summed E-state index contributed by atoms with van der Waals surface area (Å²) in [5, 5.41) is 23.1. The average molecular weight is 901 g/mol. The number of nitrogens with one attached hydrogen (secondary N) is 1. The second kappa shape index (κ2) is 53.7. The van der Waals surface area contributed by atoms with Crippen LogP contribution in [0.4, 0.5) is 0 Å². The number of aliphatic hydroxyl groups excluding tert-OH is 2. The van der Waals surface area contributed by atoms with Crippen LogP contribution in [0.5, 0.6) is 0 Å². The number of ether oxygens (including phenoxy) is 1. The molecule has 0 spiro atoms. The molecule has 0 radical (unpaired) electrons. The maximum atomic E-state index is 12.5. The first-order chi connectivity index (χ1) is 31.5. The Kier molecular flexibility index (Phi) is 52.1. The zero-order valence-electron chi connectivity index (χ0n) is 42.8. The fraction of sp³-hybridized carbons (Fsp3) is 0.862. The summed E-state index contributed by atoms with van der Waals surface area (Å²) in [6.45, 7) is 4.86. The standard InChI is InChI=1S/C58H109NO5/c1-3-5-7-9-11-13-15-17-19-21-22-23-26-30-34-38-42-46-50-56(61)55(54-60)59-57(62)51-47-43-39-35-31-27-25-29-33-37-41-45-49-53-64-58(63)52-48-44-40-36-32-28-24-20-18-16-14-12-10-8-6-4-2/h14,16,20,24,46,50,55-56,60-61H,3-13,15,17-19,21-23,25-45,47-49,51-54H2,1-2H3,(H,59,62)/b16-14-,24-20-,50-46+. The molecule has 0 aliphatic carbocycles. The Morgan fingerprint density at radius 3 is 1.20 bits per heavy atom. The smallest absolute Gasteiger partial charge is 0.305 e. The highest BCUT2D eigenvalue weighted by atomic mass is 16.5. The van der Waals surface area contributed by atoms with Gasteiger partial charge in [0.15, 0.2) is 0 Å². The van der Waals surface area contributed by atoms with Crippen LogP contribution in [0.25, 0.3) is 0 Å². The van der Waals surface area contributed by atoms with Crippen molar-refractivity contribution in [2.24, 2.45) is 0 Å². The SMILES string of the molecule is CCCCCC/C=C\C/C=C\CCCCCCCC(=O)OCCCCCCCCCCCCCCCC(=O)NC(CO)C(O)/C=C/CCCCCCCCCCCCCCCCCC. The van der Waals surface area contributed by atoms with Crippen molar-refractivity contribution in [3.8, 4) is 0 Å². The number of carbonyl (C=O) groups excluding carboxylic acids is 2. The lowest BCUT2D eigenvalue weighted by Crippen LogP contribution is -2.45. The average Bonchev–Trinajstić information content (AvgIpc) is 3.29. The molecular weight excluding hydrogens is 791 g/mol. The third-order valence-corrected chi connectivity index (χ3v) is 12.9. The third-order valence-electron chi connectivity index (χ3n) is 12.9. The predicted octanol–water partition coefficient (Wildman–Crippen LogP) is 17.2. The van der Waals surface area contributed by atoms with Crippen LogP contribution in [0.1, 0.15) is 296 Å². The quantitative estimate of drug-likeness (QED) is 0.0321. The number of aliphatic hydroxyl groups is 2. The maximum absolute atomic E-state index is 12.5. The van der Waals surface area contributed by atoms with E-state index in [1.54, 1.807) is 6.08 Å². The topological polar surface area (TPSA) is 95.9 Å². The molecule has 0 heterocycles. The highest BCUT2D eigenvalue weighted by molar-refractivity contribution is 5.76. The minimum absolute atomic E-state index is 0.0203. The summed E-state index contributed by atoms with van der Waals surface area (Å²) in [4.78, 5) is 24.5. The van der Waals surface area contributed by atoms with Gasteiger partial charge in [0.05, 0.1) is 25.4 Å². The summed E-state index contributed by atoms with van der Waals surface area (Å²) in [7, 11) is 0. The van der Waals surface area contributed by atoms with Crippen LogP contribution in [-0.2, 0) is 14.3 Å². The van der Waals surface area contributed by atoms with Gasteiger partial charge in [-0.15, -0.1) is 0 Å². The lowest BCUT2D eigenvalue weighted by atomic mass is 10.0. The number of unbranched alkanes of at least 4 members (excludes halogenated alkanes) is 37. The fourth-order valence-corrected chi connectivity index (χ4v) is 8.55. The van der Waals surface area contributed by atoms with Gasteiger partial charge in [0.25, 0.3) is 0 Å². The second-order valence-corrected chi connectivity index (χ2v) is 19.3. The monoisotopic (exact) mass is 900 g/mol. The van der Waals surface area contributed by atoms with E-state index in [1.807, 2.05) is 6.08 Å². The van der Waals surface area contributed by atoms with Crippen LogP contribution in [0.2, 0.25) is 0 Å². The molecule has 0 aromatic rings. The molecule has 0 aromatic heterocycles. The van der Waals surface area contributed by atoms with Gasteiger partial charge in [-0.1, -0.05) is 256 Å². The van der Waals surface area contributed by atoms with Crippen molar-refractivity contribution in [3.05, 3.63) is 36.5 Å². The first-order valence-corrected chi connectivity index (χ1v) is 28.3. The highest BCUT2D eigenvalue weighted by Gasteiger charge is 2.18. The van der Waals surface area contributed by atoms with Crippen molar-refractivity contribution >= 4 is 11.9 Å². The van der Waals surface area contributed by atoms with Crippen molar-refractivity contribution in [1.29, 1.82) is 0 Å². The van der Waals surface area contributed by atoms with E-state index >= 15 is 0 Å². The molecule has 64 heavy (non-hydrogen) atoms. The lowest BCUT2D eigenvalue weighted by molar-refractivity contribution is -0.143. The third kappa shape index (κ3) is 49.5. The van der Waals surface area contributed by atoms with Crippen LogP contribution >= 0.6 is 0 Å². The number of amides is 1. The summed E-state index contributed by atoms with van der Waals surface area (Å²) >= 11 is 0. The minimum Gasteiger partial charge on any atom is -0.466 e. The van der Waals surface area contributed by atoms with E-state index in [1.165, 1.54) is 205 Å². The maximum Gasteiger partial charge on any atom is 0.305 e. The zero-order chi connectivity index (χ0) is 46.5. The molecule has 2 unspecified atom stereocenters. The van der Waals surface area contributed by atoms with Crippen molar-refractivity contribution in [2.45, 2.75) is 309 Å². The number of allylic oxidation sites excluding steroid dienone is 5. The van der Waals surface area contributed by atoms with Crippen molar-refractivity contribution in [3.63, 3.8) is 0 Å². The van der Waals surface area contributed by atoms with Gasteiger partial charge in [0.2, 0.25) is 5.91 Å². The molecular formula is C58H109NO5. The van der Waals surface area contributed by atoms with Gasteiger partial charge in [0.1, 0.15) is 0 Å². The van der Waals surface area contributed by atoms with Gasteiger partial charge in [-0.3, -0.25) is 9.59 Å². The molecule has 6 heteroatoms. The Labute approximate surface area is 398 Å². The summed E-state index contributed by atoms with van der Waals surface area (Å²) in [5.74, 6) is -0.101. The number of rotatable bonds is 52. The Hall–Kier alpha value is -1.92. The van der Waals surface area contributed by atoms with Crippen LogP contribution in [0.15, 0.2) is 36.5 Å². The summed E-state index contributed by atoms with van der Waals surface area (Å²) in [6, 6.07) is -0.639. The van der Waals surface area contributed by atoms with E-state index in [9.17, 15) is 19.8 Å². The highest BCUT2D eigenvalue weighted by Crippen LogP contribution is 2.16. The molecule has 3 N–H and O–H groups in total. The fourth-order valence-electron chi connectivity index (χ4n) is 8.55. The normalized spacial score (nSPS) is 12.9. The predicted molar refractivity (Wildman–Crippen MR) is 278 cm³/mol. The number of hydrogen-bond donors (Lipinski definition) is 3. The van der Waals surface area contributed by atoms with E-state index in [4.69, 9.17) is 4.74 Å². The molecule has 0 aliphatic rings. The van der Waals surface area contributed by atoms with Crippen LogP contribution in [0.3, 0.4) is 0 Å². The molecule has 0 fully saturated rings.